The molecule has 6 nitrogen and oxygen atoms in total. The molecule has 1 aromatic carbocycles. The molecule has 0 atom stereocenters. The van der Waals surface area contributed by atoms with Crippen molar-refractivity contribution in [1.29, 1.82) is 0 Å². The van der Waals surface area contributed by atoms with Gasteiger partial charge in [-0.25, -0.2) is 0 Å². The summed E-state index contributed by atoms with van der Waals surface area (Å²) in [5, 5.41) is 22.0. The van der Waals surface area contributed by atoms with Gasteiger partial charge in [-0.05, 0) is 18.3 Å². The largest absolute Gasteiger partial charge is 0.493 e. The summed E-state index contributed by atoms with van der Waals surface area (Å²) in [7, 11) is 4.22. The molecule has 2 rings (SSSR count). The zero-order valence-electron chi connectivity index (χ0n) is 12.2. The number of benzene rings is 1. The van der Waals surface area contributed by atoms with E-state index in [1.165, 1.54) is 4.90 Å². The highest BCUT2D eigenvalue weighted by atomic mass is 32.1. The summed E-state index contributed by atoms with van der Waals surface area (Å²) in [6, 6.07) is 7.51. The lowest BCUT2D eigenvalue weighted by Crippen LogP contribution is -3.05. The number of azo groups is 1. The molecular formula is C14H20N5OS+. The summed E-state index contributed by atoms with van der Waals surface area (Å²) in [6.07, 6.45) is 1.01. The van der Waals surface area contributed by atoms with Crippen LogP contribution in [0.3, 0.4) is 0 Å². The molecule has 0 unspecified atom stereocenters. The van der Waals surface area contributed by atoms with Crippen molar-refractivity contribution in [3.05, 3.63) is 24.3 Å². The molecule has 2 aromatic rings. The van der Waals surface area contributed by atoms with E-state index in [0.29, 0.717) is 10.8 Å². The third-order valence-electron chi connectivity index (χ3n) is 3.03. The molecule has 0 spiro atoms. The highest BCUT2D eigenvalue weighted by Gasteiger charge is 2.09. The fraction of sp³-hybridized carbons (Fsp3) is 0.357. The molecule has 0 fully saturated rings. The fourth-order valence-electron chi connectivity index (χ4n) is 1.98. The highest BCUT2D eigenvalue weighted by molar-refractivity contribution is 7.80. The van der Waals surface area contributed by atoms with Crippen LogP contribution in [0.15, 0.2) is 34.5 Å². The number of para-hydroxylation sites is 1. The third-order valence-corrected chi connectivity index (χ3v) is 3.26. The molecule has 112 valence electrons. The van der Waals surface area contributed by atoms with Crippen LogP contribution in [-0.4, -0.2) is 42.4 Å². The maximum Gasteiger partial charge on any atom is 0.218 e. The first-order valence-corrected chi connectivity index (χ1v) is 7.27. The van der Waals surface area contributed by atoms with E-state index in [1.807, 2.05) is 24.3 Å². The average Bonchev–Trinajstić information content (AvgIpc) is 2.76. The number of hydrogen-bond donors (Lipinski definition) is 4. The van der Waals surface area contributed by atoms with Crippen LogP contribution in [0.1, 0.15) is 6.42 Å². The van der Waals surface area contributed by atoms with Gasteiger partial charge in [-0.2, -0.15) is 0 Å². The molecule has 0 aliphatic heterocycles. The van der Waals surface area contributed by atoms with Gasteiger partial charge < -0.3 is 20.3 Å². The first-order valence-electron chi connectivity index (χ1n) is 6.86. The van der Waals surface area contributed by atoms with Crippen LogP contribution in [0, 0.1) is 0 Å². The Kier molecular flexibility index (Phi) is 5.24. The molecule has 0 radical (unpaired) electrons. The number of H-pyrrole nitrogens is 1. The Morgan fingerprint density at radius 3 is 2.90 bits per heavy atom. The van der Waals surface area contributed by atoms with Gasteiger partial charge in [0.15, 0.2) is 5.69 Å². The number of aromatic hydroxyl groups is 1. The van der Waals surface area contributed by atoms with E-state index in [2.05, 4.69) is 34.6 Å². The maximum absolute atomic E-state index is 9.85. The number of hydrogen-bond acceptors (Lipinski definition) is 3. The van der Waals surface area contributed by atoms with Gasteiger partial charge in [0.1, 0.15) is 0 Å². The zero-order chi connectivity index (χ0) is 15.2. The van der Waals surface area contributed by atoms with E-state index in [4.69, 9.17) is 12.2 Å². The molecule has 21 heavy (non-hydrogen) atoms. The predicted molar refractivity (Wildman–Crippen MR) is 87.4 cm³/mol. The second-order valence-electron chi connectivity index (χ2n) is 5.11. The van der Waals surface area contributed by atoms with Crippen LogP contribution in [0.4, 0.5) is 5.69 Å². The van der Waals surface area contributed by atoms with Gasteiger partial charge >= 0.3 is 0 Å². The van der Waals surface area contributed by atoms with Crippen molar-refractivity contribution in [3.63, 3.8) is 0 Å². The Morgan fingerprint density at radius 2 is 2.14 bits per heavy atom. The first-order chi connectivity index (χ1) is 10.1. The molecule has 0 aliphatic carbocycles. The Balaban J connectivity index is 1.96. The Morgan fingerprint density at radius 1 is 1.38 bits per heavy atom. The molecule has 1 aromatic heterocycles. The Hall–Kier alpha value is -1.99. The van der Waals surface area contributed by atoms with Gasteiger partial charge in [-0.15, -0.1) is 10.2 Å². The standard InChI is InChI=1S/C14H19N5OS/c1-19(2)9-5-8-15-14(21)18-17-12-10-6-3-4-7-11(10)16-13(12)20/h3-4,6-7,16,20H,5,8-9H2,1-2H3,(H,15,21)/p+1. The summed E-state index contributed by atoms with van der Waals surface area (Å²) in [5.41, 5.74) is 1.23. The molecule has 0 amide bonds. The van der Waals surface area contributed by atoms with Crippen LogP contribution < -0.4 is 10.2 Å². The normalized spacial score (nSPS) is 11.6. The number of nitrogens with one attached hydrogen (secondary N) is 3. The van der Waals surface area contributed by atoms with E-state index in [-0.39, 0.29) is 5.88 Å². The van der Waals surface area contributed by atoms with Crippen molar-refractivity contribution < 1.29 is 10.0 Å². The molecule has 4 N–H and O–H groups in total. The van der Waals surface area contributed by atoms with Crippen LogP contribution in [-0.2, 0) is 0 Å². The number of nitrogens with zero attached hydrogens (tertiary/aromatic N) is 2. The topological polar surface area (TPSA) is 77.2 Å². The summed E-state index contributed by atoms with van der Waals surface area (Å²) >= 11 is 5.10. The van der Waals surface area contributed by atoms with E-state index in [9.17, 15) is 5.11 Å². The number of thiocarbonyl (C=S) groups is 1. The molecule has 1 heterocycles. The van der Waals surface area contributed by atoms with Crippen LogP contribution >= 0.6 is 12.2 Å². The van der Waals surface area contributed by atoms with E-state index in [0.717, 1.165) is 30.4 Å². The Labute approximate surface area is 128 Å². The molecule has 0 aliphatic rings. The SMILES string of the molecule is C[NH+](C)CCCNC(=S)N=Nc1c(O)[nH]c2ccccc12. The predicted octanol–water partition coefficient (Wildman–Crippen LogP) is 1.37. The molecule has 0 saturated heterocycles. The van der Waals surface area contributed by atoms with Crippen LogP contribution in [0.2, 0.25) is 0 Å². The van der Waals surface area contributed by atoms with E-state index in [1.54, 1.807) is 0 Å². The van der Waals surface area contributed by atoms with Crippen molar-refractivity contribution >= 4 is 33.9 Å². The number of aromatic amines is 1. The van der Waals surface area contributed by atoms with E-state index < -0.39 is 0 Å². The van der Waals surface area contributed by atoms with Crippen molar-refractivity contribution in [2.75, 3.05) is 27.2 Å². The number of aromatic nitrogens is 1. The van der Waals surface area contributed by atoms with Gasteiger partial charge in [-0.1, -0.05) is 18.2 Å². The van der Waals surface area contributed by atoms with Gasteiger partial charge in [0, 0.05) is 18.4 Å². The monoisotopic (exact) mass is 306 g/mol. The smallest absolute Gasteiger partial charge is 0.218 e. The molecule has 0 bridgehead atoms. The second kappa shape index (κ2) is 7.14. The van der Waals surface area contributed by atoms with Gasteiger partial charge in [0.25, 0.3) is 0 Å². The number of fused-ring (bicyclic) bond motifs is 1. The minimum Gasteiger partial charge on any atom is -0.493 e. The summed E-state index contributed by atoms with van der Waals surface area (Å²) < 4.78 is 0. The molecular weight excluding hydrogens is 286 g/mol. The average molecular weight is 306 g/mol. The van der Waals surface area contributed by atoms with Crippen molar-refractivity contribution in [1.82, 2.24) is 10.3 Å². The summed E-state index contributed by atoms with van der Waals surface area (Å²) in [4.78, 5) is 4.25. The van der Waals surface area contributed by atoms with Crippen molar-refractivity contribution in [2.45, 2.75) is 6.42 Å². The minimum absolute atomic E-state index is 0.000965. The quantitative estimate of drug-likeness (QED) is 0.383. The van der Waals surface area contributed by atoms with Crippen LogP contribution in [0.25, 0.3) is 10.9 Å². The first kappa shape index (κ1) is 15.4. The lowest BCUT2D eigenvalue weighted by molar-refractivity contribution is -0.858. The van der Waals surface area contributed by atoms with Crippen molar-refractivity contribution in [3.8, 4) is 5.88 Å². The number of rotatable bonds is 5. The van der Waals surface area contributed by atoms with Gasteiger partial charge in [-0.3, -0.25) is 0 Å². The highest BCUT2D eigenvalue weighted by Crippen LogP contribution is 2.34. The Bertz CT molecular complexity index is 650. The zero-order valence-corrected chi connectivity index (χ0v) is 13.0. The fourth-order valence-corrected chi connectivity index (χ4v) is 2.13. The maximum atomic E-state index is 9.85. The third kappa shape index (κ3) is 4.24. The van der Waals surface area contributed by atoms with E-state index >= 15 is 0 Å². The second-order valence-corrected chi connectivity index (χ2v) is 5.50. The summed E-state index contributed by atoms with van der Waals surface area (Å²) in [6.45, 7) is 1.83. The lowest BCUT2D eigenvalue weighted by atomic mass is 10.2. The van der Waals surface area contributed by atoms with Gasteiger partial charge in [0.05, 0.1) is 26.2 Å². The minimum atomic E-state index is -0.000965. The molecule has 7 heteroatoms. The van der Waals surface area contributed by atoms with Crippen molar-refractivity contribution in [2.24, 2.45) is 10.2 Å². The van der Waals surface area contributed by atoms with Gasteiger partial charge in [0.2, 0.25) is 11.0 Å². The summed E-state index contributed by atoms with van der Waals surface area (Å²) in [5.74, 6) is -0.000965. The number of quaternary nitrogens is 1. The van der Waals surface area contributed by atoms with Crippen LogP contribution in [0.5, 0.6) is 5.88 Å². The molecule has 0 saturated carbocycles. The lowest BCUT2D eigenvalue weighted by Gasteiger charge is -2.07.